The van der Waals surface area contributed by atoms with Crippen molar-refractivity contribution in [1.82, 2.24) is 14.8 Å². The van der Waals surface area contributed by atoms with E-state index in [1.54, 1.807) is 30.2 Å². The van der Waals surface area contributed by atoms with Gasteiger partial charge in [0.25, 0.3) is 5.91 Å². The largest absolute Gasteiger partial charge is 0.497 e. The number of aromatic nitrogens is 1. The Labute approximate surface area is 198 Å². The fraction of sp³-hybridized carbons (Fsp3) is 0.360. The summed E-state index contributed by atoms with van der Waals surface area (Å²) >= 11 is 3.36. The van der Waals surface area contributed by atoms with Crippen LogP contribution in [0.15, 0.2) is 58.8 Å². The van der Waals surface area contributed by atoms with Crippen LogP contribution in [0, 0.1) is 6.92 Å². The molecule has 32 heavy (non-hydrogen) atoms. The highest BCUT2D eigenvalue weighted by Crippen LogP contribution is 2.28. The normalized spacial score (nSPS) is 14.5. The average molecular weight is 468 g/mol. The zero-order valence-corrected chi connectivity index (χ0v) is 20.3. The molecule has 3 aromatic rings. The Morgan fingerprint density at radius 2 is 1.84 bits per heavy atom. The fourth-order valence-corrected chi connectivity index (χ4v) is 5.47. The van der Waals surface area contributed by atoms with Crippen LogP contribution in [-0.2, 0) is 12.2 Å². The van der Waals surface area contributed by atoms with Crippen molar-refractivity contribution in [3.63, 3.8) is 0 Å². The number of amides is 1. The molecule has 4 rings (SSSR count). The Bertz CT molecular complexity index is 1030. The van der Waals surface area contributed by atoms with E-state index in [1.165, 1.54) is 5.56 Å². The van der Waals surface area contributed by atoms with Gasteiger partial charge in [-0.2, -0.15) is 0 Å². The van der Waals surface area contributed by atoms with Gasteiger partial charge in [0.2, 0.25) is 0 Å². The van der Waals surface area contributed by atoms with Crippen LogP contribution in [-0.4, -0.2) is 60.5 Å². The Balaban J connectivity index is 1.29. The van der Waals surface area contributed by atoms with Crippen LogP contribution in [0.4, 0.5) is 0 Å². The van der Waals surface area contributed by atoms with Gasteiger partial charge in [0, 0.05) is 48.8 Å². The van der Waals surface area contributed by atoms with Crippen LogP contribution < -0.4 is 4.74 Å². The van der Waals surface area contributed by atoms with Gasteiger partial charge in [-0.15, -0.1) is 23.1 Å². The van der Waals surface area contributed by atoms with Gasteiger partial charge in [-0.1, -0.05) is 24.3 Å². The molecule has 1 aromatic heterocycles. The van der Waals surface area contributed by atoms with Crippen molar-refractivity contribution in [2.24, 2.45) is 0 Å². The lowest BCUT2D eigenvalue weighted by atomic mass is 10.1. The van der Waals surface area contributed by atoms with Gasteiger partial charge in [-0.3, -0.25) is 9.69 Å². The molecule has 0 radical (unpaired) electrons. The van der Waals surface area contributed by atoms with Gasteiger partial charge in [0.05, 0.1) is 23.4 Å². The lowest BCUT2D eigenvalue weighted by molar-refractivity contribution is 0.0635. The quantitative estimate of drug-likeness (QED) is 0.447. The zero-order chi connectivity index (χ0) is 22.3. The summed E-state index contributed by atoms with van der Waals surface area (Å²) < 4.78 is 5.23. The van der Waals surface area contributed by atoms with Gasteiger partial charge in [-0.05, 0) is 43.2 Å². The van der Waals surface area contributed by atoms with Crippen molar-refractivity contribution in [2.45, 2.75) is 24.0 Å². The molecule has 5 nitrogen and oxygen atoms in total. The van der Waals surface area contributed by atoms with E-state index in [1.807, 2.05) is 48.2 Å². The first-order valence-electron chi connectivity index (χ1n) is 10.9. The predicted molar refractivity (Wildman–Crippen MR) is 132 cm³/mol. The summed E-state index contributed by atoms with van der Waals surface area (Å²) in [5.41, 5.74) is 3.19. The van der Waals surface area contributed by atoms with Gasteiger partial charge >= 0.3 is 0 Å². The molecule has 7 heteroatoms. The highest BCUT2D eigenvalue weighted by molar-refractivity contribution is 7.98. The topological polar surface area (TPSA) is 45.7 Å². The molecule has 2 aromatic carbocycles. The maximum absolute atomic E-state index is 13.3. The minimum absolute atomic E-state index is 0.136. The zero-order valence-electron chi connectivity index (χ0n) is 18.6. The Morgan fingerprint density at radius 1 is 1.09 bits per heavy atom. The van der Waals surface area contributed by atoms with E-state index >= 15 is 0 Å². The third-order valence-corrected chi connectivity index (χ3v) is 7.62. The van der Waals surface area contributed by atoms with E-state index in [9.17, 15) is 4.79 Å². The van der Waals surface area contributed by atoms with Crippen LogP contribution in [0.3, 0.4) is 0 Å². The molecule has 0 unspecified atom stereocenters. The van der Waals surface area contributed by atoms with Crippen molar-refractivity contribution in [3.8, 4) is 5.75 Å². The van der Waals surface area contributed by atoms with Crippen LogP contribution in [0.25, 0.3) is 0 Å². The first kappa shape index (κ1) is 22.8. The molecule has 1 aliphatic heterocycles. The number of aryl methyl sites for hydroxylation is 1. The van der Waals surface area contributed by atoms with E-state index in [-0.39, 0.29) is 5.91 Å². The first-order valence-corrected chi connectivity index (χ1v) is 12.8. The molecule has 0 aliphatic carbocycles. The minimum atomic E-state index is 0.136. The lowest BCUT2D eigenvalue weighted by Gasteiger charge is -2.35. The number of thioether (sulfide) groups is 1. The summed E-state index contributed by atoms with van der Waals surface area (Å²) in [5, 5.41) is 3.17. The SMILES string of the molecule is COc1ccc(CCN2CCN(C(=O)c3ccccc3SCc3csc(C)n3)CC2)cc1. The van der Waals surface area contributed by atoms with Crippen LogP contribution in [0.2, 0.25) is 0 Å². The molecule has 1 saturated heterocycles. The number of rotatable bonds is 8. The van der Waals surface area contributed by atoms with Crippen molar-refractivity contribution in [2.75, 3.05) is 39.8 Å². The van der Waals surface area contributed by atoms with Crippen molar-refractivity contribution in [3.05, 3.63) is 75.7 Å². The van der Waals surface area contributed by atoms with Gasteiger partial charge < -0.3 is 9.64 Å². The average Bonchev–Trinajstić information content (AvgIpc) is 3.27. The van der Waals surface area contributed by atoms with Crippen molar-refractivity contribution in [1.29, 1.82) is 0 Å². The number of thiazole rings is 1. The number of benzene rings is 2. The Hall–Kier alpha value is -2.35. The maximum Gasteiger partial charge on any atom is 0.255 e. The summed E-state index contributed by atoms with van der Waals surface area (Å²) in [5.74, 6) is 1.81. The highest BCUT2D eigenvalue weighted by atomic mass is 32.2. The Kier molecular flexibility index (Phi) is 7.84. The molecule has 1 amide bonds. The van der Waals surface area contributed by atoms with E-state index in [0.29, 0.717) is 0 Å². The smallest absolute Gasteiger partial charge is 0.255 e. The fourth-order valence-electron chi connectivity index (χ4n) is 3.82. The second-order valence-electron chi connectivity index (χ2n) is 7.87. The summed E-state index contributed by atoms with van der Waals surface area (Å²) in [6.07, 6.45) is 1.01. The summed E-state index contributed by atoms with van der Waals surface area (Å²) in [4.78, 5) is 23.3. The van der Waals surface area contributed by atoms with Gasteiger partial charge in [0.1, 0.15) is 5.75 Å². The van der Waals surface area contributed by atoms with Crippen LogP contribution in [0.1, 0.15) is 26.6 Å². The molecular weight excluding hydrogens is 438 g/mol. The van der Waals surface area contributed by atoms with Crippen LogP contribution >= 0.6 is 23.1 Å². The number of hydrogen-bond donors (Lipinski definition) is 0. The second kappa shape index (κ2) is 11.0. The molecule has 1 fully saturated rings. The van der Waals surface area contributed by atoms with E-state index in [0.717, 1.165) is 71.8 Å². The molecule has 168 valence electrons. The monoisotopic (exact) mass is 467 g/mol. The standard InChI is InChI=1S/C25H29N3O2S2/c1-19-26-21(17-31-19)18-32-24-6-4-3-5-23(24)25(29)28-15-13-27(14-16-28)12-11-20-7-9-22(30-2)10-8-20/h3-10,17H,11-16,18H2,1-2H3. The second-order valence-corrected chi connectivity index (χ2v) is 9.95. The molecule has 0 bridgehead atoms. The number of hydrogen-bond acceptors (Lipinski definition) is 6. The molecule has 0 N–H and O–H groups in total. The number of nitrogens with zero attached hydrogens (tertiary/aromatic N) is 3. The van der Waals surface area contributed by atoms with E-state index < -0.39 is 0 Å². The maximum atomic E-state index is 13.3. The summed E-state index contributed by atoms with van der Waals surface area (Å²) in [6, 6.07) is 16.2. The number of methoxy groups -OCH3 is 1. The van der Waals surface area contributed by atoms with E-state index in [2.05, 4.69) is 27.4 Å². The van der Waals surface area contributed by atoms with Crippen LogP contribution in [0.5, 0.6) is 5.75 Å². The molecule has 0 atom stereocenters. The molecule has 2 heterocycles. The van der Waals surface area contributed by atoms with E-state index in [4.69, 9.17) is 4.74 Å². The predicted octanol–water partition coefficient (Wildman–Crippen LogP) is 4.75. The molecular formula is C25H29N3O2S2. The van der Waals surface area contributed by atoms with Crippen molar-refractivity contribution >= 4 is 29.0 Å². The number of ether oxygens (including phenoxy) is 1. The summed E-state index contributed by atoms with van der Waals surface area (Å²) in [7, 11) is 1.69. The van der Waals surface area contributed by atoms with Crippen molar-refractivity contribution < 1.29 is 9.53 Å². The third-order valence-electron chi connectivity index (χ3n) is 5.69. The summed E-state index contributed by atoms with van der Waals surface area (Å²) in [6.45, 7) is 6.39. The first-order chi connectivity index (χ1) is 15.6. The number of carbonyl (C=O) groups is 1. The third kappa shape index (κ3) is 5.91. The van der Waals surface area contributed by atoms with Gasteiger partial charge in [0.15, 0.2) is 0 Å². The minimum Gasteiger partial charge on any atom is -0.497 e. The molecule has 0 saturated carbocycles. The highest BCUT2D eigenvalue weighted by Gasteiger charge is 2.23. The lowest BCUT2D eigenvalue weighted by Crippen LogP contribution is -2.49. The Morgan fingerprint density at radius 3 is 2.53 bits per heavy atom. The number of carbonyl (C=O) groups excluding carboxylic acids is 1. The molecule has 1 aliphatic rings. The number of piperazine rings is 1. The molecule has 0 spiro atoms. The van der Waals surface area contributed by atoms with Gasteiger partial charge in [-0.25, -0.2) is 4.98 Å².